The maximum atomic E-state index is 9.92. The Labute approximate surface area is 166 Å². The number of aliphatic imine (C=N–C) groups is 1. The lowest BCUT2D eigenvalue weighted by atomic mass is 10.2. The zero-order valence-electron chi connectivity index (χ0n) is 15.1. The Bertz CT molecular complexity index is 558. The number of nitrogens with zero attached hydrogens (tertiary/aromatic N) is 2. The number of ether oxygens (including phenoxy) is 2. The van der Waals surface area contributed by atoms with E-state index in [0.717, 1.165) is 25.2 Å². The quantitative estimate of drug-likeness (QED) is 0.325. The third-order valence-corrected chi connectivity index (χ3v) is 4.40. The maximum Gasteiger partial charge on any atom is 0.200 e. The monoisotopic (exact) mass is 464 g/mol. The highest BCUT2D eigenvalue weighted by molar-refractivity contribution is 14.0. The molecule has 1 aromatic rings. The number of phenolic OH excluding ortho intramolecular Hbond substituents is 1. The lowest BCUT2D eigenvalue weighted by Crippen LogP contribution is -2.42. The van der Waals surface area contributed by atoms with Crippen LogP contribution in [0.5, 0.6) is 17.2 Å². The molecule has 7 nitrogen and oxygen atoms in total. The van der Waals surface area contributed by atoms with Crippen molar-refractivity contribution in [2.45, 2.75) is 32.4 Å². The number of hydrogen-bond acceptors (Lipinski definition) is 5. The van der Waals surface area contributed by atoms with Gasteiger partial charge in [-0.25, -0.2) is 4.99 Å². The van der Waals surface area contributed by atoms with Crippen molar-refractivity contribution in [2.24, 2.45) is 10.7 Å². The molecule has 1 aromatic carbocycles. The Morgan fingerprint density at radius 3 is 2.56 bits per heavy atom. The van der Waals surface area contributed by atoms with Crippen LogP contribution in [0, 0.1) is 0 Å². The molecule has 25 heavy (non-hydrogen) atoms. The Morgan fingerprint density at radius 1 is 1.36 bits per heavy atom. The second kappa shape index (κ2) is 10.5. The van der Waals surface area contributed by atoms with E-state index in [9.17, 15) is 5.11 Å². The Balaban J connectivity index is 0.00000312. The number of methoxy groups -OCH3 is 2. The molecule has 0 bridgehead atoms. The molecule has 1 atom stereocenters. The summed E-state index contributed by atoms with van der Waals surface area (Å²) in [6.07, 6.45) is 2.44. The normalized spacial score (nSPS) is 17.9. The molecule has 8 heteroatoms. The predicted octanol–water partition coefficient (Wildman–Crippen LogP) is 1.92. The van der Waals surface area contributed by atoms with Crippen LogP contribution in [0.15, 0.2) is 17.1 Å². The van der Waals surface area contributed by atoms with Crippen LogP contribution in [0.4, 0.5) is 0 Å². The van der Waals surface area contributed by atoms with Crippen LogP contribution in [0.25, 0.3) is 0 Å². The van der Waals surface area contributed by atoms with Gasteiger partial charge in [0, 0.05) is 12.6 Å². The zero-order valence-corrected chi connectivity index (χ0v) is 17.4. The van der Waals surface area contributed by atoms with E-state index in [4.69, 9.17) is 15.2 Å². The Hall–Kier alpha value is -1.42. The van der Waals surface area contributed by atoms with Crippen molar-refractivity contribution in [2.75, 3.05) is 33.9 Å². The first kappa shape index (κ1) is 21.6. The topological polar surface area (TPSA) is 92.3 Å². The SMILES string of the molecule is CCN1CCCC1CNC(N)=NCc1cc(OC)c(O)c(OC)c1.I. The van der Waals surface area contributed by atoms with Crippen LogP contribution >= 0.6 is 24.0 Å². The number of nitrogens with one attached hydrogen (secondary N) is 1. The number of nitrogens with two attached hydrogens (primary N) is 1. The summed E-state index contributed by atoms with van der Waals surface area (Å²) in [6.45, 7) is 5.60. The van der Waals surface area contributed by atoms with Gasteiger partial charge in [0.25, 0.3) is 0 Å². The fraction of sp³-hybridized carbons (Fsp3) is 0.588. The number of rotatable bonds is 7. The minimum atomic E-state index is -0.0142. The van der Waals surface area contributed by atoms with Gasteiger partial charge < -0.3 is 25.6 Å². The first-order chi connectivity index (χ1) is 11.6. The van der Waals surface area contributed by atoms with Crippen molar-refractivity contribution in [3.63, 3.8) is 0 Å². The van der Waals surface area contributed by atoms with Gasteiger partial charge in [-0.1, -0.05) is 6.92 Å². The van der Waals surface area contributed by atoms with Crippen molar-refractivity contribution in [1.82, 2.24) is 10.2 Å². The van der Waals surface area contributed by atoms with Crippen LogP contribution in [0.1, 0.15) is 25.3 Å². The molecule has 2 rings (SSSR count). The van der Waals surface area contributed by atoms with Gasteiger partial charge in [0.2, 0.25) is 5.75 Å². The second-order valence-electron chi connectivity index (χ2n) is 5.86. The highest BCUT2D eigenvalue weighted by atomic mass is 127. The summed E-state index contributed by atoms with van der Waals surface area (Å²) >= 11 is 0. The molecule has 0 spiro atoms. The van der Waals surface area contributed by atoms with Gasteiger partial charge in [0.1, 0.15) is 0 Å². The van der Waals surface area contributed by atoms with E-state index < -0.39 is 0 Å². The van der Waals surface area contributed by atoms with E-state index >= 15 is 0 Å². The van der Waals surface area contributed by atoms with Crippen LogP contribution in [0.2, 0.25) is 0 Å². The molecule has 1 heterocycles. The molecule has 0 saturated carbocycles. The van der Waals surface area contributed by atoms with Crippen LogP contribution in [0.3, 0.4) is 0 Å². The molecule has 0 aliphatic carbocycles. The van der Waals surface area contributed by atoms with Crippen LogP contribution < -0.4 is 20.5 Å². The summed E-state index contributed by atoms with van der Waals surface area (Å²) < 4.78 is 10.3. The molecule has 1 saturated heterocycles. The third kappa shape index (κ3) is 5.81. The first-order valence-electron chi connectivity index (χ1n) is 8.30. The van der Waals surface area contributed by atoms with E-state index in [1.165, 1.54) is 27.1 Å². The van der Waals surface area contributed by atoms with Crippen LogP contribution in [-0.2, 0) is 6.54 Å². The first-order valence-corrected chi connectivity index (χ1v) is 8.30. The summed E-state index contributed by atoms with van der Waals surface area (Å²) in [5, 5.41) is 13.1. The standard InChI is InChI=1S/C17H28N4O3.HI/c1-4-21-7-5-6-13(21)11-20-17(18)19-10-12-8-14(23-2)16(22)15(9-12)24-3;/h8-9,13,22H,4-7,10-11H2,1-3H3,(H3,18,19,20);1H. The average molecular weight is 464 g/mol. The zero-order chi connectivity index (χ0) is 17.5. The number of guanidine groups is 1. The van der Waals surface area contributed by atoms with Crippen molar-refractivity contribution >= 4 is 29.9 Å². The molecular formula is C17H29IN4O3. The number of likely N-dealkylation sites (N-methyl/N-ethyl adjacent to an activating group) is 1. The van der Waals surface area contributed by atoms with Gasteiger partial charge in [-0.05, 0) is 43.6 Å². The van der Waals surface area contributed by atoms with E-state index in [1.54, 1.807) is 12.1 Å². The number of likely N-dealkylation sites (tertiary alicyclic amines) is 1. The third-order valence-electron chi connectivity index (χ3n) is 4.40. The summed E-state index contributed by atoms with van der Waals surface area (Å²) in [6, 6.07) is 3.98. The number of benzene rings is 1. The number of hydrogen-bond donors (Lipinski definition) is 3. The van der Waals surface area contributed by atoms with E-state index in [0.29, 0.717) is 30.0 Å². The summed E-state index contributed by atoms with van der Waals surface area (Å²) in [4.78, 5) is 6.81. The molecule has 0 amide bonds. The predicted molar refractivity (Wildman–Crippen MR) is 110 cm³/mol. The number of phenols is 1. The smallest absolute Gasteiger partial charge is 0.200 e. The van der Waals surface area contributed by atoms with Gasteiger partial charge in [0.05, 0.1) is 20.8 Å². The van der Waals surface area contributed by atoms with E-state index in [-0.39, 0.29) is 29.7 Å². The van der Waals surface area contributed by atoms with Gasteiger partial charge in [-0.15, -0.1) is 24.0 Å². The second-order valence-corrected chi connectivity index (χ2v) is 5.86. The fourth-order valence-corrected chi connectivity index (χ4v) is 3.04. The molecule has 1 fully saturated rings. The molecule has 1 aliphatic heterocycles. The lowest BCUT2D eigenvalue weighted by molar-refractivity contribution is 0.267. The lowest BCUT2D eigenvalue weighted by Gasteiger charge is -2.23. The fourth-order valence-electron chi connectivity index (χ4n) is 3.04. The minimum absolute atomic E-state index is 0. The molecule has 1 unspecified atom stereocenters. The van der Waals surface area contributed by atoms with Gasteiger partial charge in [-0.3, -0.25) is 4.90 Å². The molecule has 0 aromatic heterocycles. The number of aromatic hydroxyl groups is 1. The maximum absolute atomic E-state index is 9.92. The van der Waals surface area contributed by atoms with Crippen molar-refractivity contribution in [3.8, 4) is 17.2 Å². The molecule has 142 valence electrons. The number of halogens is 1. The molecule has 4 N–H and O–H groups in total. The summed E-state index contributed by atoms with van der Waals surface area (Å²) in [5.74, 6) is 1.12. The van der Waals surface area contributed by atoms with E-state index in [1.807, 2.05) is 0 Å². The van der Waals surface area contributed by atoms with Crippen molar-refractivity contribution in [3.05, 3.63) is 17.7 Å². The highest BCUT2D eigenvalue weighted by Gasteiger charge is 2.22. The Morgan fingerprint density at radius 2 is 2.00 bits per heavy atom. The average Bonchev–Trinajstić information content (AvgIpc) is 3.06. The highest BCUT2D eigenvalue weighted by Crippen LogP contribution is 2.37. The molecule has 0 radical (unpaired) electrons. The van der Waals surface area contributed by atoms with E-state index in [2.05, 4.69) is 22.1 Å². The van der Waals surface area contributed by atoms with Crippen LogP contribution in [-0.4, -0.2) is 55.9 Å². The molecular weight excluding hydrogens is 435 g/mol. The van der Waals surface area contributed by atoms with Crippen molar-refractivity contribution in [1.29, 1.82) is 0 Å². The minimum Gasteiger partial charge on any atom is -0.502 e. The van der Waals surface area contributed by atoms with Gasteiger partial charge in [0.15, 0.2) is 17.5 Å². The molecule has 1 aliphatic rings. The van der Waals surface area contributed by atoms with Gasteiger partial charge in [-0.2, -0.15) is 0 Å². The van der Waals surface area contributed by atoms with Crippen molar-refractivity contribution < 1.29 is 14.6 Å². The summed E-state index contributed by atoms with van der Waals surface area (Å²) in [5.41, 5.74) is 6.82. The largest absolute Gasteiger partial charge is 0.502 e. The Kier molecular flexibility index (Phi) is 9.12. The van der Waals surface area contributed by atoms with Gasteiger partial charge >= 0.3 is 0 Å². The summed E-state index contributed by atoms with van der Waals surface area (Å²) in [7, 11) is 3.00.